The standard InChI is InChI=1S/C19H21N3O3S/c1-14-6-4-8-16(12-14)19-20-18(21-25-19)10-11-22(3)26(23,24)17-9-5-7-15(2)13-17/h4-9,12-13H,10-11H2,1-3H3. The summed E-state index contributed by atoms with van der Waals surface area (Å²) in [6, 6.07) is 14.7. The monoisotopic (exact) mass is 371 g/mol. The summed E-state index contributed by atoms with van der Waals surface area (Å²) in [5.41, 5.74) is 2.86. The Balaban J connectivity index is 1.69. The van der Waals surface area contributed by atoms with Crippen molar-refractivity contribution >= 4 is 10.0 Å². The molecule has 0 fully saturated rings. The van der Waals surface area contributed by atoms with Crippen molar-refractivity contribution in [2.75, 3.05) is 13.6 Å². The molecule has 0 aliphatic rings. The van der Waals surface area contributed by atoms with E-state index in [4.69, 9.17) is 4.52 Å². The fraction of sp³-hybridized carbons (Fsp3) is 0.263. The second kappa shape index (κ2) is 7.39. The van der Waals surface area contributed by atoms with Gasteiger partial charge in [0.15, 0.2) is 5.82 Å². The van der Waals surface area contributed by atoms with Crippen LogP contribution in [0.2, 0.25) is 0 Å². The number of aromatic nitrogens is 2. The van der Waals surface area contributed by atoms with Crippen LogP contribution in [0, 0.1) is 13.8 Å². The molecule has 0 radical (unpaired) electrons. The van der Waals surface area contributed by atoms with Crippen LogP contribution in [-0.2, 0) is 16.4 Å². The lowest BCUT2D eigenvalue weighted by Gasteiger charge is -2.16. The van der Waals surface area contributed by atoms with Gasteiger partial charge in [-0.05, 0) is 43.7 Å². The number of hydrogen-bond acceptors (Lipinski definition) is 5. The summed E-state index contributed by atoms with van der Waals surface area (Å²) in [6.07, 6.45) is 0.372. The Morgan fingerprint density at radius 3 is 2.42 bits per heavy atom. The first-order chi connectivity index (χ1) is 12.4. The zero-order valence-corrected chi connectivity index (χ0v) is 15.8. The molecule has 6 nitrogen and oxygen atoms in total. The fourth-order valence-corrected chi connectivity index (χ4v) is 3.86. The van der Waals surface area contributed by atoms with Gasteiger partial charge in [0.1, 0.15) is 0 Å². The molecule has 0 atom stereocenters. The smallest absolute Gasteiger partial charge is 0.257 e. The molecule has 0 aliphatic carbocycles. The summed E-state index contributed by atoms with van der Waals surface area (Å²) in [7, 11) is -1.98. The van der Waals surface area contributed by atoms with E-state index in [-0.39, 0.29) is 11.4 Å². The number of nitrogens with zero attached hydrogens (tertiary/aromatic N) is 3. The second-order valence-corrected chi connectivity index (χ2v) is 8.32. The first-order valence-corrected chi connectivity index (χ1v) is 9.73. The van der Waals surface area contributed by atoms with Gasteiger partial charge in [-0.2, -0.15) is 4.98 Å². The van der Waals surface area contributed by atoms with Crippen LogP contribution in [-0.4, -0.2) is 36.5 Å². The van der Waals surface area contributed by atoms with E-state index in [2.05, 4.69) is 10.1 Å². The van der Waals surface area contributed by atoms with Gasteiger partial charge in [-0.3, -0.25) is 0 Å². The minimum absolute atomic E-state index is 0.267. The van der Waals surface area contributed by atoms with E-state index in [1.807, 2.05) is 44.2 Å². The van der Waals surface area contributed by atoms with Gasteiger partial charge in [0.25, 0.3) is 5.89 Å². The molecule has 0 bridgehead atoms. The summed E-state index contributed by atoms with van der Waals surface area (Å²) in [4.78, 5) is 4.65. The van der Waals surface area contributed by atoms with E-state index in [1.165, 1.54) is 4.31 Å². The molecule has 7 heteroatoms. The van der Waals surface area contributed by atoms with Crippen LogP contribution in [0.25, 0.3) is 11.5 Å². The summed E-state index contributed by atoms with van der Waals surface area (Å²) >= 11 is 0. The topological polar surface area (TPSA) is 76.3 Å². The predicted octanol–water partition coefficient (Wildman–Crippen LogP) is 3.22. The van der Waals surface area contributed by atoms with Crippen LogP contribution in [0.3, 0.4) is 0 Å². The average Bonchev–Trinajstić information content (AvgIpc) is 3.08. The van der Waals surface area contributed by atoms with Gasteiger partial charge in [0.2, 0.25) is 10.0 Å². The van der Waals surface area contributed by atoms with Crippen molar-refractivity contribution in [2.45, 2.75) is 25.2 Å². The molecule has 1 heterocycles. The minimum Gasteiger partial charge on any atom is -0.334 e. The van der Waals surface area contributed by atoms with Gasteiger partial charge in [-0.25, -0.2) is 12.7 Å². The van der Waals surface area contributed by atoms with E-state index in [0.29, 0.717) is 18.1 Å². The Bertz CT molecular complexity index is 1010. The largest absolute Gasteiger partial charge is 0.334 e. The van der Waals surface area contributed by atoms with Crippen LogP contribution in [0.4, 0.5) is 0 Å². The number of hydrogen-bond donors (Lipinski definition) is 0. The first kappa shape index (κ1) is 18.3. The highest BCUT2D eigenvalue weighted by Gasteiger charge is 2.21. The summed E-state index contributed by atoms with van der Waals surface area (Å²) in [5, 5.41) is 3.96. The Hall–Kier alpha value is -2.51. The van der Waals surface area contributed by atoms with E-state index in [9.17, 15) is 8.42 Å². The molecule has 0 saturated carbocycles. The van der Waals surface area contributed by atoms with Crippen molar-refractivity contribution in [3.8, 4) is 11.5 Å². The van der Waals surface area contributed by atoms with E-state index >= 15 is 0 Å². The number of sulfonamides is 1. The van der Waals surface area contributed by atoms with Crippen molar-refractivity contribution < 1.29 is 12.9 Å². The maximum absolute atomic E-state index is 12.6. The lowest BCUT2D eigenvalue weighted by molar-refractivity contribution is 0.415. The molecule has 0 amide bonds. The van der Waals surface area contributed by atoms with Crippen molar-refractivity contribution in [2.24, 2.45) is 0 Å². The SMILES string of the molecule is Cc1cccc(-c2nc(CCN(C)S(=O)(=O)c3cccc(C)c3)no2)c1. The Morgan fingerprint density at radius 2 is 1.73 bits per heavy atom. The van der Waals surface area contributed by atoms with Crippen LogP contribution in [0.15, 0.2) is 57.9 Å². The highest BCUT2D eigenvalue weighted by atomic mass is 32.2. The quantitative estimate of drug-likeness (QED) is 0.665. The maximum Gasteiger partial charge on any atom is 0.257 e. The van der Waals surface area contributed by atoms with Gasteiger partial charge in [0.05, 0.1) is 4.90 Å². The Labute approximate surface area is 153 Å². The van der Waals surface area contributed by atoms with E-state index in [1.54, 1.807) is 25.2 Å². The molecule has 0 saturated heterocycles. The van der Waals surface area contributed by atoms with Gasteiger partial charge in [-0.1, -0.05) is 35.0 Å². The summed E-state index contributed by atoms with van der Waals surface area (Å²) in [5.74, 6) is 0.917. The second-order valence-electron chi connectivity index (χ2n) is 6.28. The van der Waals surface area contributed by atoms with Crippen LogP contribution in [0.5, 0.6) is 0 Å². The predicted molar refractivity (Wildman–Crippen MR) is 99.2 cm³/mol. The molecule has 0 aliphatic heterocycles. The summed E-state index contributed by atoms with van der Waals surface area (Å²) in [6.45, 7) is 4.13. The van der Waals surface area contributed by atoms with Crippen LogP contribution < -0.4 is 0 Å². The maximum atomic E-state index is 12.6. The third-order valence-corrected chi connectivity index (χ3v) is 5.93. The highest BCUT2D eigenvalue weighted by Crippen LogP contribution is 2.19. The molecule has 0 unspecified atom stereocenters. The summed E-state index contributed by atoms with van der Waals surface area (Å²) < 4.78 is 31.9. The van der Waals surface area contributed by atoms with Gasteiger partial charge >= 0.3 is 0 Å². The van der Waals surface area contributed by atoms with Crippen molar-refractivity contribution in [1.29, 1.82) is 0 Å². The molecule has 26 heavy (non-hydrogen) atoms. The molecule has 0 N–H and O–H groups in total. The Kier molecular flexibility index (Phi) is 5.20. The third kappa shape index (κ3) is 4.00. The first-order valence-electron chi connectivity index (χ1n) is 8.29. The van der Waals surface area contributed by atoms with Gasteiger partial charge in [-0.15, -0.1) is 0 Å². The lowest BCUT2D eigenvalue weighted by Crippen LogP contribution is -2.29. The van der Waals surface area contributed by atoms with Gasteiger partial charge < -0.3 is 4.52 Å². The Morgan fingerprint density at radius 1 is 1.04 bits per heavy atom. The number of likely N-dealkylation sites (N-methyl/N-ethyl adjacent to an activating group) is 1. The number of aryl methyl sites for hydroxylation is 2. The average molecular weight is 371 g/mol. The van der Waals surface area contributed by atoms with E-state index < -0.39 is 10.0 Å². The van der Waals surface area contributed by atoms with Crippen LogP contribution in [0.1, 0.15) is 17.0 Å². The number of benzene rings is 2. The van der Waals surface area contributed by atoms with E-state index in [0.717, 1.165) is 16.7 Å². The normalized spacial score (nSPS) is 11.8. The lowest BCUT2D eigenvalue weighted by atomic mass is 10.1. The molecular formula is C19H21N3O3S. The molecule has 136 valence electrons. The molecule has 2 aromatic carbocycles. The molecule has 1 aromatic heterocycles. The molecule has 0 spiro atoms. The fourth-order valence-electron chi connectivity index (χ4n) is 2.58. The zero-order chi connectivity index (χ0) is 18.7. The van der Waals surface area contributed by atoms with Crippen LogP contribution >= 0.6 is 0 Å². The van der Waals surface area contributed by atoms with Gasteiger partial charge in [0, 0.05) is 25.6 Å². The minimum atomic E-state index is -3.54. The van der Waals surface area contributed by atoms with Crippen molar-refractivity contribution in [3.63, 3.8) is 0 Å². The van der Waals surface area contributed by atoms with Crippen molar-refractivity contribution in [1.82, 2.24) is 14.4 Å². The number of rotatable bonds is 6. The third-order valence-electron chi connectivity index (χ3n) is 4.08. The highest BCUT2D eigenvalue weighted by molar-refractivity contribution is 7.89. The molecule has 3 aromatic rings. The molecule has 3 rings (SSSR count). The molecular weight excluding hydrogens is 350 g/mol. The zero-order valence-electron chi connectivity index (χ0n) is 15.0. The van der Waals surface area contributed by atoms with Crippen molar-refractivity contribution in [3.05, 3.63) is 65.5 Å².